The number of carbonyl (C=O) groups is 2. The molecule has 0 aliphatic rings. The maximum Gasteiger partial charge on any atom is 0.237 e. The first-order chi connectivity index (χ1) is 7.35. The SMILES string of the molecule is CCCC(C#N)C(=O)NCC(C)(C)C(N)=O. The molecule has 5 heteroatoms. The lowest BCUT2D eigenvalue weighted by atomic mass is 9.92. The van der Waals surface area contributed by atoms with Crippen LogP contribution in [-0.4, -0.2) is 18.4 Å². The Balaban J connectivity index is 4.27. The van der Waals surface area contributed by atoms with Crippen LogP contribution in [0.25, 0.3) is 0 Å². The maximum atomic E-state index is 11.5. The molecule has 16 heavy (non-hydrogen) atoms. The van der Waals surface area contributed by atoms with Gasteiger partial charge in [-0.2, -0.15) is 5.26 Å². The van der Waals surface area contributed by atoms with Gasteiger partial charge in [0.05, 0.1) is 11.5 Å². The van der Waals surface area contributed by atoms with E-state index in [-0.39, 0.29) is 12.5 Å². The van der Waals surface area contributed by atoms with Gasteiger partial charge in [0.15, 0.2) is 0 Å². The average Bonchev–Trinajstić information content (AvgIpc) is 2.22. The van der Waals surface area contributed by atoms with Crippen molar-refractivity contribution in [3.05, 3.63) is 0 Å². The molecule has 0 saturated carbocycles. The van der Waals surface area contributed by atoms with Crippen LogP contribution in [0.3, 0.4) is 0 Å². The molecule has 0 fully saturated rings. The fourth-order valence-corrected chi connectivity index (χ4v) is 1.06. The molecule has 2 amide bonds. The third kappa shape index (κ3) is 4.30. The predicted molar refractivity (Wildman–Crippen MR) is 60.0 cm³/mol. The monoisotopic (exact) mass is 225 g/mol. The molecular formula is C11H19N3O2. The number of nitriles is 1. The van der Waals surface area contributed by atoms with Crippen LogP contribution in [0, 0.1) is 22.7 Å². The summed E-state index contributed by atoms with van der Waals surface area (Å²) in [7, 11) is 0. The van der Waals surface area contributed by atoms with Crippen molar-refractivity contribution in [2.75, 3.05) is 6.54 Å². The molecule has 0 aliphatic heterocycles. The van der Waals surface area contributed by atoms with Gasteiger partial charge in [0.25, 0.3) is 0 Å². The normalized spacial score (nSPS) is 12.6. The van der Waals surface area contributed by atoms with E-state index in [1.165, 1.54) is 0 Å². The molecule has 0 aromatic heterocycles. The van der Waals surface area contributed by atoms with Crippen molar-refractivity contribution >= 4 is 11.8 Å². The molecule has 0 bridgehead atoms. The summed E-state index contributed by atoms with van der Waals surface area (Å²) in [6.07, 6.45) is 1.30. The second kappa shape index (κ2) is 6.11. The topological polar surface area (TPSA) is 96.0 Å². The Hall–Kier alpha value is -1.57. The Bertz CT molecular complexity index is 305. The summed E-state index contributed by atoms with van der Waals surface area (Å²) in [5.74, 6) is -1.45. The number of rotatable bonds is 6. The van der Waals surface area contributed by atoms with Crippen molar-refractivity contribution in [2.24, 2.45) is 17.1 Å². The number of hydrogen-bond donors (Lipinski definition) is 2. The van der Waals surface area contributed by atoms with E-state index in [1.807, 2.05) is 13.0 Å². The lowest BCUT2D eigenvalue weighted by Gasteiger charge is -2.21. The van der Waals surface area contributed by atoms with Crippen LogP contribution in [-0.2, 0) is 9.59 Å². The van der Waals surface area contributed by atoms with Gasteiger partial charge in [0, 0.05) is 6.54 Å². The number of nitrogens with one attached hydrogen (secondary N) is 1. The predicted octanol–water partition coefficient (Wildman–Crippen LogP) is 0.554. The highest BCUT2D eigenvalue weighted by atomic mass is 16.2. The molecule has 0 radical (unpaired) electrons. The van der Waals surface area contributed by atoms with Crippen LogP contribution in [0.15, 0.2) is 0 Å². The highest BCUT2D eigenvalue weighted by Gasteiger charge is 2.27. The number of amides is 2. The lowest BCUT2D eigenvalue weighted by Crippen LogP contribution is -2.43. The molecule has 0 aliphatic carbocycles. The van der Waals surface area contributed by atoms with Gasteiger partial charge in [-0.05, 0) is 20.3 Å². The van der Waals surface area contributed by atoms with Crippen LogP contribution >= 0.6 is 0 Å². The van der Waals surface area contributed by atoms with Crippen molar-refractivity contribution < 1.29 is 9.59 Å². The number of carbonyl (C=O) groups excluding carboxylic acids is 2. The largest absolute Gasteiger partial charge is 0.369 e. The average molecular weight is 225 g/mol. The molecule has 0 aromatic carbocycles. The van der Waals surface area contributed by atoms with Crippen molar-refractivity contribution in [1.29, 1.82) is 5.26 Å². The summed E-state index contributed by atoms with van der Waals surface area (Å²) in [5, 5.41) is 11.3. The van der Waals surface area contributed by atoms with Crippen LogP contribution in [0.5, 0.6) is 0 Å². The molecule has 90 valence electrons. The zero-order valence-corrected chi connectivity index (χ0v) is 10.0. The first-order valence-corrected chi connectivity index (χ1v) is 5.32. The van der Waals surface area contributed by atoms with Gasteiger partial charge >= 0.3 is 0 Å². The highest BCUT2D eigenvalue weighted by molar-refractivity contribution is 5.83. The van der Waals surface area contributed by atoms with E-state index in [1.54, 1.807) is 13.8 Å². The van der Waals surface area contributed by atoms with Crippen molar-refractivity contribution in [3.8, 4) is 6.07 Å². The zero-order chi connectivity index (χ0) is 12.8. The first kappa shape index (κ1) is 14.4. The van der Waals surface area contributed by atoms with Crippen molar-refractivity contribution in [1.82, 2.24) is 5.32 Å². The van der Waals surface area contributed by atoms with Crippen LogP contribution in [0.4, 0.5) is 0 Å². The van der Waals surface area contributed by atoms with E-state index in [2.05, 4.69) is 5.32 Å². The Kier molecular flexibility index (Phi) is 5.51. The minimum Gasteiger partial charge on any atom is -0.369 e. The summed E-state index contributed by atoms with van der Waals surface area (Å²) >= 11 is 0. The summed E-state index contributed by atoms with van der Waals surface area (Å²) in [5.41, 5.74) is 4.38. The molecule has 3 N–H and O–H groups in total. The number of nitrogens with two attached hydrogens (primary N) is 1. The second-order valence-corrected chi connectivity index (χ2v) is 4.44. The van der Waals surface area contributed by atoms with E-state index >= 15 is 0 Å². The van der Waals surface area contributed by atoms with E-state index < -0.39 is 17.2 Å². The molecule has 0 rings (SSSR count). The van der Waals surface area contributed by atoms with E-state index in [9.17, 15) is 9.59 Å². The fraction of sp³-hybridized carbons (Fsp3) is 0.727. The molecular weight excluding hydrogens is 206 g/mol. The lowest BCUT2D eigenvalue weighted by molar-refractivity contribution is -0.127. The highest BCUT2D eigenvalue weighted by Crippen LogP contribution is 2.13. The Morgan fingerprint density at radius 3 is 2.44 bits per heavy atom. The molecule has 0 spiro atoms. The van der Waals surface area contributed by atoms with Gasteiger partial charge in [-0.1, -0.05) is 13.3 Å². The summed E-state index contributed by atoms with van der Waals surface area (Å²) in [4.78, 5) is 22.6. The number of primary amides is 1. The van der Waals surface area contributed by atoms with E-state index in [4.69, 9.17) is 11.0 Å². The minimum atomic E-state index is -0.790. The second-order valence-electron chi connectivity index (χ2n) is 4.44. The maximum absolute atomic E-state index is 11.5. The Labute approximate surface area is 96.0 Å². The molecule has 0 saturated heterocycles. The van der Waals surface area contributed by atoms with Crippen LogP contribution in [0.1, 0.15) is 33.6 Å². The summed E-state index contributed by atoms with van der Waals surface area (Å²) in [6.45, 7) is 5.36. The van der Waals surface area contributed by atoms with Gasteiger partial charge in [0.2, 0.25) is 11.8 Å². The number of hydrogen-bond acceptors (Lipinski definition) is 3. The molecule has 0 heterocycles. The van der Waals surface area contributed by atoms with E-state index in [0.717, 1.165) is 6.42 Å². The van der Waals surface area contributed by atoms with Crippen LogP contribution in [0.2, 0.25) is 0 Å². The Morgan fingerprint density at radius 1 is 1.50 bits per heavy atom. The van der Waals surface area contributed by atoms with Gasteiger partial charge in [-0.15, -0.1) is 0 Å². The summed E-state index contributed by atoms with van der Waals surface area (Å²) in [6, 6.07) is 1.94. The fourth-order valence-electron chi connectivity index (χ4n) is 1.06. The van der Waals surface area contributed by atoms with Gasteiger partial charge < -0.3 is 11.1 Å². The first-order valence-electron chi connectivity index (χ1n) is 5.32. The summed E-state index contributed by atoms with van der Waals surface area (Å²) < 4.78 is 0. The molecule has 1 unspecified atom stereocenters. The smallest absolute Gasteiger partial charge is 0.237 e. The molecule has 0 aromatic rings. The Morgan fingerprint density at radius 2 is 2.06 bits per heavy atom. The third-order valence-corrected chi connectivity index (χ3v) is 2.42. The zero-order valence-electron chi connectivity index (χ0n) is 10.0. The third-order valence-electron chi connectivity index (χ3n) is 2.42. The van der Waals surface area contributed by atoms with Crippen LogP contribution < -0.4 is 11.1 Å². The van der Waals surface area contributed by atoms with Gasteiger partial charge in [0.1, 0.15) is 5.92 Å². The molecule has 5 nitrogen and oxygen atoms in total. The van der Waals surface area contributed by atoms with E-state index in [0.29, 0.717) is 6.42 Å². The van der Waals surface area contributed by atoms with Crippen molar-refractivity contribution in [2.45, 2.75) is 33.6 Å². The van der Waals surface area contributed by atoms with Crippen molar-refractivity contribution in [3.63, 3.8) is 0 Å². The van der Waals surface area contributed by atoms with Gasteiger partial charge in [-0.25, -0.2) is 0 Å². The van der Waals surface area contributed by atoms with Gasteiger partial charge in [-0.3, -0.25) is 9.59 Å². The standard InChI is InChI=1S/C11H19N3O2/c1-4-5-8(6-12)9(15)14-7-11(2,3)10(13)16/h8H,4-5,7H2,1-3H3,(H2,13,16)(H,14,15). The quantitative estimate of drug-likeness (QED) is 0.691. The molecule has 1 atom stereocenters. The number of nitrogens with zero attached hydrogens (tertiary/aromatic N) is 1. The minimum absolute atomic E-state index is 0.156.